The molecular weight excluding hydrogens is 441 g/mol. The molecule has 1 amide bonds. The molecule has 1 aliphatic carbocycles. The van der Waals surface area contributed by atoms with Crippen molar-refractivity contribution in [2.75, 3.05) is 23.8 Å². The molecule has 1 aliphatic heterocycles. The van der Waals surface area contributed by atoms with Crippen molar-refractivity contribution in [3.05, 3.63) is 38.3 Å². The van der Waals surface area contributed by atoms with E-state index in [0.717, 1.165) is 12.8 Å². The van der Waals surface area contributed by atoms with E-state index in [0.29, 0.717) is 34.5 Å². The zero-order valence-corrected chi connectivity index (χ0v) is 20.6. The fraction of sp³-hybridized carbons (Fsp3) is 0.625. The van der Waals surface area contributed by atoms with Gasteiger partial charge in [0, 0.05) is 36.7 Å². The lowest BCUT2D eigenvalue weighted by molar-refractivity contribution is 0.0489. The van der Waals surface area contributed by atoms with E-state index in [1.165, 1.54) is 6.07 Å². The first-order valence-corrected chi connectivity index (χ1v) is 11.8. The number of anilines is 1. The summed E-state index contributed by atoms with van der Waals surface area (Å²) in [5, 5.41) is 3.02. The van der Waals surface area contributed by atoms with Crippen LogP contribution in [0.1, 0.15) is 59.1 Å². The van der Waals surface area contributed by atoms with Crippen LogP contribution in [0, 0.1) is 24.6 Å². The number of nitrogen functional groups attached to an aromatic ring is 1. The van der Waals surface area contributed by atoms with E-state index in [1.54, 1.807) is 11.5 Å². The normalized spacial score (nSPS) is 21.7. The van der Waals surface area contributed by atoms with Crippen molar-refractivity contribution in [1.29, 1.82) is 0 Å². The first-order valence-electron chi connectivity index (χ1n) is 11.8. The molecule has 3 atom stereocenters. The van der Waals surface area contributed by atoms with Gasteiger partial charge in [-0.25, -0.2) is 14.0 Å². The van der Waals surface area contributed by atoms with Gasteiger partial charge in [-0.3, -0.25) is 9.36 Å². The van der Waals surface area contributed by atoms with E-state index in [4.69, 9.17) is 10.6 Å². The van der Waals surface area contributed by atoms with E-state index in [-0.39, 0.29) is 29.3 Å². The molecule has 2 fully saturated rings. The van der Waals surface area contributed by atoms with Crippen LogP contribution in [0.5, 0.6) is 0 Å². The maximum absolute atomic E-state index is 15.4. The summed E-state index contributed by atoms with van der Waals surface area (Å²) < 4.78 is 22.9. The van der Waals surface area contributed by atoms with Crippen molar-refractivity contribution in [2.24, 2.45) is 11.8 Å². The Kier molecular flexibility index (Phi) is 5.90. The Bertz CT molecular complexity index is 1260. The summed E-state index contributed by atoms with van der Waals surface area (Å²) in [4.78, 5) is 39.7. The molecule has 2 aromatic rings. The second-order valence-electron chi connectivity index (χ2n) is 10.8. The number of rotatable bonds is 4. The number of aryl methyl sites for hydroxylation is 1. The number of fused-ring (bicyclic) bond motifs is 1. The number of amides is 1. The molecule has 10 heteroatoms. The fourth-order valence-electron chi connectivity index (χ4n) is 5.14. The molecule has 2 aliphatic rings. The molecule has 34 heavy (non-hydrogen) atoms. The van der Waals surface area contributed by atoms with Crippen molar-refractivity contribution >= 4 is 22.7 Å². The number of halogens is 1. The van der Waals surface area contributed by atoms with Crippen molar-refractivity contribution in [3.63, 3.8) is 0 Å². The van der Waals surface area contributed by atoms with Crippen molar-refractivity contribution in [2.45, 2.75) is 72.1 Å². The first-order chi connectivity index (χ1) is 15.8. The minimum Gasteiger partial charge on any atom is -0.444 e. The van der Waals surface area contributed by atoms with Gasteiger partial charge in [0.1, 0.15) is 11.4 Å². The number of nitrogens with one attached hydrogen (secondary N) is 1. The zero-order valence-electron chi connectivity index (χ0n) is 20.6. The predicted octanol–water partition coefficient (Wildman–Crippen LogP) is 2.64. The first kappa shape index (κ1) is 24.1. The Morgan fingerprint density at radius 3 is 2.50 bits per heavy atom. The van der Waals surface area contributed by atoms with Gasteiger partial charge in [-0.05, 0) is 59.4 Å². The number of hydrogen-bond acceptors (Lipinski definition) is 6. The average molecular weight is 476 g/mol. The van der Waals surface area contributed by atoms with Crippen molar-refractivity contribution in [1.82, 2.24) is 14.6 Å². The average Bonchev–Trinajstić information content (AvgIpc) is 3.47. The van der Waals surface area contributed by atoms with Crippen molar-refractivity contribution in [3.8, 4) is 0 Å². The minimum absolute atomic E-state index is 0.0364. The molecule has 186 valence electrons. The summed E-state index contributed by atoms with van der Waals surface area (Å²) in [7, 11) is 0. The van der Waals surface area contributed by atoms with Crippen molar-refractivity contribution < 1.29 is 13.9 Å². The van der Waals surface area contributed by atoms with E-state index >= 15 is 4.39 Å². The molecule has 1 aromatic heterocycles. The van der Waals surface area contributed by atoms with Crippen LogP contribution in [0.4, 0.5) is 14.9 Å². The summed E-state index contributed by atoms with van der Waals surface area (Å²) in [6.07, 6.45) is 1.15. The minimum atomic E-state index is -0.701. The Morgan fingerprint density at radius 1 is 1.26 bits per heavy atom. The highest BCUT2D eigenvalue weighted by Crippen LogP contribution is 2.40. The monoisotopic (exact) mass is 475 g/mol. The third-order valence-electron chi connectivity index (χ3n) is 6.85. The number of ether oxygens (including phenoxy) is 1. The van der Waals surface area contributed by atoms with Crippen LogP contribution < -0.4 is 27.3 Å². The number of alkyl carbamates (subject to hydrolysis) is 1. The highest BCUT2D eigenvalue weighted by atomic mass is 19.1. The number of aromatic nitrogens is 2. The fourth-order valence-corrected chi connectivity index (χ4v) is 5.14. The molecule has 9 nitrogen and oxygen atoms in total. The lowest BCUT2D eigenvalue weighted by atomic mass is 9.91. The Balaban J connectivity index is 1.69. The van der Waals surface area contributed by atoms with Gasteiger partial charge in [0.15, 0.2) is 0 Å². The SMILES string of the molecule is Cc1c(N2CC(C)C(C(C)NC(=O)OC(C)(C)C)C2)c(F)cc2c(=O)n(N)c(=O)n(C3CC3)c12. The largest absolute Gasteiger partial charge is 0.444 e. The number of hydrogen-bond donors (Lipinski definition) is 2. The third-order valence-corrected chi connectivity index (χ3v) is 6.85. The maximum Gasteiger partial charge on any atom is 0.407 e. The van der Waals surface area contributed by atoms with Gasteiger partial charge >= 0.3 is 11.8 Å². The summed E-state index contributed by atoms with van der Waals surface area (Å²) in [6, 6.07) is 0.973. The van der Waals surface area contributed by atoms with Crippen LogP contribution in [0.2, 0.25) is 0 Å². The van der Waals surface area contributed by atoms with E-state index < -0.39 is 28.8 Å². The maximum atomic E-state index is 15.4. The summed E-state index contributed by atoms with van der Waals surface area (Å²) in [6.45, 7) is 12.3. The van der Waals surface area contributed by atoms with Gasteiger partial charge in [0.2, 0.25) is 0 Å². The smallest absolute Gasteiger partial charge is 0.407 e. The molecule has 1 saturated carbocycles. The Hall–Kier alpha value is -3.04. The Labute approximate surface area is 197 Å². The highest BCUT2D eigenvalue weighted by molar-refractivity contribution is 5.87. The van der Waals surface area contributed by atoms with Crippen LogP contribution in [0.3, 0.4) is 0 Å². The van der Waals surface area contributed by atoms with Crippen LogP contribution in [0.25, 0.3) is 10.9 Å². The number of nitrogens with zero attached hydrogens (tertiary/aromatic N) is 3. The topological polar surface area (TPSA) is 112 Å². The third kappa shape index (κ3) is 4.25. The Morgan fingerprint density at radius 2 is 1.91 bits per heavy atom. The molecule has 0 spiro atoms. The van der Waals surface area contributed by atoms with Gasteiger partial charge in [0.05, 0.1) is 16.6 Å². The van der Waals surface area contributed by atoms with Crippen LogP contribution in [0.15, 0.2) is 15.7 Å². The molecule has 1 aromatic carbocycles. The van der Waals surface area contributed by atoms with Gasteiger partial charge in [-0.1, -0.05) is 6.92 Å². The number of nitrogens with two attached hydrogens (primary N) is 1. The molecule has 4 rings (SSSR count). The van der Waals surface area contributed by atoms with Gasteiger partial charge in [-0.15, -0.1) is 0 Å². The number of carbonyl (C=O) groups excluding carboxylic acids is 1. The van der Waals surface area contributed by atoms with E-state index in [2.05, 4.69) is 12.2 Å². The van der Waals surface area contributed by atoms with Gasteiger partial charge < -0.3 is 20.8 Å². The summed E-state index contributed by atoms with van der Waals surface area (Å²) in [5.74, 6) is 5.42. The molecule has 3 N–H and O–H groups in total. The lowest BCUT2D eigenvalue weighted by Gasteiger charge is -2.27. The molecule has 3 unspecified atom stereocenters. The van der Waals surface area contributed by atoms with Crippen LogP contribution in [-0.2, 0) is 4.74 Å². The van der Waals surface area contributed by atoms with Crippen LogP contribution >= 0.6 is 0 Å². The lowest BCUT2D eigenvalue weighted by Crippen LogP contribution is -2.45. The van der Waals surface area contributed by atoms with Crippen LogP contribution in [-0.4, -0.2) is 40.1 Å². The number of carbonyl (C=O) groups is 1. The zero-order chi connectivity index (χ0) is 25.1. The van der Waals surface area contributed by atoms with Gasteiger partial charge in [-0.2, -0.15) is 4.68 Å². The quantitative estimate of drug-likeness (QED) is 0.658. The molecule has 2 heterocycles. The molecule has 0 bridgehead atoms. The van der Waals surface area contributed by atoms with E-state index in [9.17, 15) is 14.4 Å². The second kappa shape index (κ2) is 8.32. The molecular formula is C24H34FN5O4. The standard InChI is InChI=1S/C24H34FN5O4/c1-12-10-28(11-17(12)14(3)27-22(32)34-24(4,5)6)20-13(2)19-16(9-18(20)25)21(31)30(26)23(33)29(19)15-7-8-15/h9,12,14-15,17H,7-8,10-11,26H2,1-6H3,(H,27,32). The predicted molar refractivity (Wildman–Crippen MR) is 129 cm³/mol. The second-order valence-corrected chi connectivity index (χ2v) is 10.8. The van der Waals surface area contributed by atoms with E-state index in [1.807, 2.05) is 32.6 Å². The number of benzene rings is 1. The summed E-state index contributed by atoms with van der Waals surface area (Å²) >= 11 is 0. The van der Waals surface area contributed by atoms with Gasteiger partial charge in [0.25, 0.3) is 5.56 Å². The highest BCUT2D eigenvalue weighted by Gasteiger charge is 2.37. The summed E-state index contributed by atoms with van der Waals surface area (Å²) in [5.41, 5.74) is -0.489. The molecule has 1 saturated heterocycles. The molecule has 0 radical (unpaired) electrons.